The lowest BCUT2D eigenvalue weighted by molar-refractivity contribution is 0.474. The van der Waals surface area contributed by atoms with E-state index in [1.807, 2.05) is 12.4 Å². The van der Waals surface area contributed by atoms with Crippen LogP contribution in [0.2, 0.25) is 0 Å². The fourth-order valence-electron chi connectivity index (χ4n) is 2.61. The first-order valence-corrected chi connectivity index (χ1v) is 9.41. The molecule has 0 unspecified atom stereocenters. The third kappa shape index (κ3) is 4.81. The maximum Gasteiger partial charge on any atom is 0.0960 e. The second kappa shape index (κ2) is 7.04. The summed E-state index contributed by atoms with van der Waals surface area (Å²) < 4.78 is 0. The zero-order chi connectivity index (χ0) is 17.1. The van der Waals surface area contributed by atoms with Crippen molar-refractivity contribution in [2.24, 2.45) is 0 Å². The highest BCUT2D eigenvalue weighted by Crippen LogP contribution is 2.30. The highest BCUT2D eigenvalue weighted by atomic mass is 32.2. The van der Waals surface area contributed by atoms with Crippen LogP contribution in [0.5, 0.6) is 0 Å². The monoisotopic (exact) mass is 328 g/mol. The van der Waals surface area contributed by atoms with E-state index in [4.69, 9.17) is 0 Å². The van der Waals surface area contributed by atoms with Crippen molar-refractivity contribution in [3.05, 3.63) is 53.5 Å². The molecule has 0 radical (unpaired) electrons. The van der Waals surface area contributed by atoms with Gasteiger partial charge in [-0.15, -0.1) is 11.8 Å². The number of rotatable bonds is 5. The van der Waals surface area contributed by atoms with Crippen LogP contribution in [-0.4, -0.2) is 16.2 Å². The van der Waals surface area contributed by atoms with Gasteiger partial charge in [-0.25, -0.2) is 4.98 Å². The summed E-state index contributed by atoms with van der Waals surface area (Å²) in [7, 11) is 0. The molecule has 0 atom stereocenters. The van der Waals surface area contributed by atoms with Gasteiger partial charge in [-0.1, -0.05) is 34.6 Å². The lowest BCUT2D eigenvalue weighted by Crippen LogP contribution is -2.19. The van der Waals surface area contributed by atoms with Gasteiger partial charge in [0.2, 0.25) is 0 Å². The molecule has 0 N–H and O–H groups in total. The molecular weight excluding hydrogens is 300 g/mol. The van der Waals surface area contributed by atoms with Crippen molar-refractivity contribution in [3.63, 3.8) is 0 Å². The summed E-state index contributed by atoms with van der Waals surface area (Å²) in [6, 6.07) is 8.74. The van der Waals surface area contributed by atoms with Crippen molar-refractivity contribution < 1.29 is 0 Å². The van der Waals surface area contributed by atoms with Crippen molar-refractivity contribution in [2.45, 2.75) is 63.3 Å². The molecule has 0 bridgehead atoms. The minimum Gasteiger partial charge on any atom is -0.261 e. The van der Waals surface area contributed by atoms with Crippen molar-refractivity contribution in [2.75, 3.05) is 6.26 Å². The Morgan fingerprint density at radius 2 is 1.57 bits per heavy atom. The first-order chi connectivity index (χ1) is 10.7. The molecule has 23 heavy (non-hydrogen) atoms. The average molecular weight is 329 g/mol. The molecule has 2 aromatic heterocycles. The Balaban J connectivity index is 2.12. The molecule has 124 valence electrons. The van der Waals surface area contributed by atoms with Gasteiger partial charge in [-0.3, -0.25) is 4.98 Å². The SMILES string of the molecule is CSc1cc(C(C)(C)CCc2cc(C(C)(C)C)ccn2)ccn1. The second-order valence-corrected chi connectivity index (χ2v) is 8.58. The summed E-state index contributed by atoms with van der Waals surface area (Å²) >= 11 is 1.69. The number of hydrogen-bond acceptors (Lipinski definition) is 3. The molecule has 3 heteroatoms. The van der Waals surface area contributed by atoms with Crippen molar-refractivity contribution >= 4 is 11.8 Å². The number of aromatic nitrogens is 2. The van der Waals surface area contributed by atoms with Gasteiger partial charge in [0.25, 0.3) is 0 Å². The molecule has 0 aromatic carbocycles. The van der Waals surface area contributed by atoms with Crippen LogP contribution < -0.4 is 0 Å². The summed E-state index contributed by atoms with van der Waals surface area (Å²) in [4.78, 5) is 8.95. The summed E-state index contributed by atoms with van der Waals surface area (Å²) in [6.45, 7) is 11.4. The summed E-state index contributed by atoms with van der Waals surface area (Å²) in [5.74, 6) is 0. The fraction of sp³-hybridized carbons (Fsp3) is 0.500. The Labute approximate surface area is 145 Å². The van der Waals surface area contributed by atoms with Crippen molar-refractivity contribution in [3.8, 4) is 0 Å². The van der Waals surface area contributed by atoms with E-state index < -0.39 is 0 Å². The van der Waals surface area contributed by atoms with Gasteiger partial charge in [0.05, 0.1) is 5.03 Å². The molecule has 0 fully saturated rings. The number of aryl methyl sites for hydroxylation is 1. The smallest absolute Gasteiger partial charge is 0.0960 e. The lowest BCUT2D eigenvalue weighted by atomic mass is 9.80. The summed E-state index contributed by atoms with van der Waals surface area (Å²) in [5.41, 5.74) is 4.18. The number of nitrogens with zero attached hydrogens (tertiary/aromatic N) is 2. The van der Waals surface area contributed by atoms with Crippen LogP contribution in [0.25, 0.3) is 0 Å². The molecule has 0 amide bonds. The molecule has 2 aromatic rings. The van der Waals surface area contributed by atoms with Crippen LogP contribution in [0.4, 0.5) is 0 Å². The molecule has 0 saturated carbocycles. The van der Waals surface area contributed by atoms with E-state index in [1.165, 1.54) is 16.8 Å². The van der Waals surface area contributed by atoms with Crippen LogP contribution in [0.15, 0.2) is 41.7 Å². The second-order valence-electron chi connectivity index (χ2n) is 7.76. The normalized spacial score (nSPS) is 12.4. The van der Waals surface area contributed by atoms with Gasteiger partial charge < -0.3 is 0 Å². The highest BCUT2D eigenvalue weighted by molar-refractivity contribution is 7.98. The molecule has 2 nitrogen and oxygen atoms in total. The average Bonchev–Trinajstić information content (AvgIpc) is 2.52. The van der Waals surface area contributed by atoms with Gasteiger partial charge in [-0.2, -0.15) is 0 Å². The van der Waals surface area contributed by atoms with Gasteiger partial charge in [0.15, 0.2) is 0 Å². The minimum atomic E-state index is 0.118. The van der Waals surface area contributed by atoms with Crippen LogP contribution in [0.3, 0.4) is 0 Å². The first kappa shape index (κ1) is 18.0. The zero-order valence-corrected chi connectivity index (χ0v) is 16.0. The van der Waals surface area contributed by atoms with E-state index in [-0.39, 0.29) is 10.8 Å². The molecule has 0 aliphatic carbocycles. The predicted molar refractivity (Wildman–Crippen MR) is 100 cm³/mol. The predicted octanol–water partition coefficient (Wildman–Crippen LogP) is 5.41. The van der Waals surface area contributed by atoms with Gasteiger partial charge in [0, 0.05) is 18.1 Å². The third-order valence-corrected chi connectivity index (χ3v) is 5.06. The van der Waals surface area contributed by atoms with E-state index in [9.17, 15) is 0 Å². The quantitative estimate of drug-likeness (QED) is 0.687. The van der Waals surface area contributed by atoms with E-state index in [0.717, 1.165) is 17.9 Å². The Morgan fingerprint density at radius 3 is 2.22 bits per heavy atom. The van der Waals surface area contributed by atoms with Crippen LogP contribution >= 0.6 is 11.8 Å². The van der Waals surface area contributed by atoms with Gasteiger partial charge in [0.1, 0.15) is 0 Å². The number of pyridine rings is 2. The van der Waals surface area contributed by atoms with Gasteiger partial charge >= 0.3 is 0 Å². The van der Waals surface area contributed by atoms with Crippen molar-refractivity contribution in [1.82, 2.24) is 9.97 Å². The van der Waals surface area contributed by atoms with E-state index >= 15 is 0 Å². The number of hydrogen-bond donors (Lipinski definition) is 0. The van der Waals surface area contributed by atoms with Crippen molar-refractivity contribution in [1.29, 1.82) is 0 Å². The maximum atomic E-state index is 4.57. The minimum absolute atomic E-state index is 0.118. The van der Waals surface area contributed by atoms with Crippen LogP contribution in [0, 0.1) is 0 Å². The largest absolute Gasteiger partial charge is 0.261 e. The number of thioether (sulfide) groups is 1. The molecular formula is C20H28N2S. The fourth-order valence-corrected chi connectivity index (χ4v) is 3.02. The molecule has 0 spiro atoms. The molecule has 2 heterocycles. The van der Waals surface area contributed by atoms with E-state index in [2.05, 4.69) is 75.1 Å². The van der Waals surface area contributed by atoms with E-state index in [0.29, 0.717) is 0 Å². The zero-order valence-electron chi connectivity index (χ0n) is 15.2. The summed E-state index contributed by atoms with van der Waals surface area (Å²) in [5, 5.41) is 1.09. The standard InChI is InChI=1S/C20H28N2S/c1-19(2,3)15-8-11-21-17(13-15)7-10-20(4,5)16-9-12-22-18(14-16)23-6/h8-9,11-14H,7,10H2,1-6H3. The lowest BCUT2D eigenvalue weighted by Gasteiger charge is -2.26. The van der Waals surface area contributed by atoms with Crippen LogP contribution in [0.1, 0.15) is 57.9 Å². The Hall–Kier alpha value is -1.35. The Kier molecular flexibility index (Phi) is 5.51. The molecule has 0 aliphatic heterocycles. The highest BCUT2D eigenvalue weighted by Gasteiger charge is 2.22. The molecule has 0 aliphatic rings. The van der Waals surface area contributed by atoms with Crippen LogP contribution in [-0.2, 0) is 17.3 Å². The topological polar surface area (TPSA) is 25.8 Å². The van der Waals surface area contributed by atoms with Gasteiger partial charge in [-0.05, 0) is 65.3 Å². The Bertz CT molecular complexity index is 657. The maximum absolute atomic E-state index is 4.57. The van der Waals surface area contributed by atoms with E-state index in [1.54, 1.807) is 11.8 Å². The first-order valence-electron chi connectivity index (χ1n) is 8.18. The molecule has 2 rings (SSSR count). The Morgan fingerprint density at radius 1 is 0.913 bits per heavy atom. The third-order valence-electron chi connectivity index (χ3n) is 4.41. The molecule has 0 saturated heterocycles. The summed E-state index contributed by atoms with van der Waals surface area (Å²) in [6.07, 6.45) is 8.00.